The molecule has 1 amide bonds. The van der Waals surface area contributed by atoms with Crippen LogP contribution in [0.5, 0.6) is 0 Å². The van der Waals surface area contributed by atoms with Crippen LogP contribution < -0.4 is 10.7 Å². The molecule has 146 valence electrons. The van der Waals surface area contributed by atoms with Crippen molar-refractivity contribution in [3.63, 3.8) is 0 Å². The van der Waals surface area contributed by atoms with Crippen LogP contribution >= 0.6 is 0 Å². The first-order valence-corrected chi connectivity index (χ1v) is 8.89. The number of hydrogen-bond acceptors (Lipinski definition) is 2. The van der Waals surface area contributed by atoms with Crippen LogP contribution in [0.15, 0.2) is 53.5 Å². The molecule has 1 aromatic heterocycles. The van der Waals surface area contributed by atoms with E-state index < -0.39 is 23.1 Å². The van der Waals surface area contributed by atoms with Crippen molar-refractivity contribution in [3.05, 3.63) is 75.6 Å². The van der Waals surface area contributed by atoms with Gasteiger partial charge in [-0.15, -0.1) is 0 Å². The van der Waals surface area contributed by atoms with Crippen molar-refractivity contribution >= 4 is 22.5 Å². The molecule has 28 heavy (non-hydrogen) atoms. The third-order valence-corrected chi connectivity index (χ3v) is 4.61. The minimum absolute atomic E-state index is 0.134. The average Bonchev–Trinajstić information content (AvgIpc) is 2.68. The first-order chi connectivity index (χ1) is 13.2. The number of aryl methyl sites for hydroxylation is 2. The number of hydrogen-bond donors (Lipinski definition) is 1. The lowest BCUT2D eigenvalue weighted by atomic mass is 10.1. The lowest BCUT2D eigenvalue weighted by Gasteiger charge is -2.14. The standard InChI is InChI=1S/C21H19F3N2O2/c1-3-13-5-8-15(9-6-13)25-20(28)17-12-26(4-2)18-10-7-14(21(22,23)24)11-16(18)19(17)27/h5-12H,3-4H2,1-2H3,(H,25,28). The monoisotopic (exact) mass is 388 g/mol. The minimum atomic E-state index is -4.57. The number of nitrogens with one attached hydrogen (secondary N) is 1. The average molecular weight is 388 g/mol. The third kappa shape index (κ3) is 3.78. The summed E-state index contributed by atoms with van der Waals surface area (Å²) in [6, 6.07) is 10.1. The van der Waals surface area contributed by atoms with Crippen molar-refractivity contribution in [1.29, 1.82) is 0 Å². The van der Waals surface area contributed by atoms with E-state index in [1.807, 2.05) is 19.1 Å². The molecule has 0 atom stereocenters. The molecule has 0 saturated heterocycles. The summed E-state index contributed by atoms with van der Waals surface area (Å²) in [4.78, 5) is 25.4. The van der Waals surface area contributed by atoms with Crippen LogP contribution in [0, 0.1) is 0 Å². The lowest BCUT2D eigenvalue weighted by molar-refractivity contribution is -0.137. The molecule has 0 spiro atoms. The Morgan fingerprint density at radius 1 is 1.07 bits per heavy atom. The van der Waals surface area contributed by atoms with Crippen molar-refractivity contribution < 1.29 is 18.0 Å². The number of fused-ring (bicyclic) bond motifs is 1. The van der Waals surface area contributed by atoms with Gasteiger partial charge in [-0.2, -0.15) is 13.2 Å². The highest BCUT2D eigenvalue weighted by molar-refractivity contribution is 6.05. The Labute approximate surface area is 159 Å². The van der Waals surface area contributed by atoms with Crippen molar-refractivity contribution in [2.45, 2.75) is 33.0 Å². The number of halogens is 3. The second kappa shape index (κ2) is 7.50. The molecule has 0 radical (unpaired) electrons. The van der Waals surface area contributed by atoms with Gasteiger partial charge in [-0.3, -0.25) is 9.59 Å². The fourth-order valence-electron chi connectivity index (χ4n) is 3.02. The number of anilines is 1. The van der Waals surface area contributed by atoms with Crippen LogP contribution in [0.1, 0.15) is 35.3 Å². The number of aromatic nitrogens is 1. The normalized spacial score (nSPS) is 11.6. The van der Waals surface area contributed by atoms with Crippen LogP contribution in [0.25, 0.3) is 10.9 Å². The maximum Gasteiger partial charge on any atom is 0.416 e. The Kier molecular flexibility index (Phi) is 5.27. The number of carbonyl (C=O) groups is 1. The zero-order chi connectivity index (χ0) is 20.5. The Hall–Kier alpha value is -3.09. The molecular weight excluding hydrogens is 369 g/mol. The van der Waals surface area contributed by atoms with E-state index in [2.05, 4.69) is 5.32 Å². The number of amides is 1. The van der Waals surface area contributed by atoms with Gasteiger partial charge in [-0.05, 0) is 49.2 Å². The molecule has 0 unspecified atom stereocenters. The molecule has 0 fully saturated rings. The predicted molar refractivity (Wildman–Crippen MR) is 103 cm³/mol. The molecule has 2 aromatic carbocycles. The molecule has 0 aliphatic carbocycles. The van der Waals surface area contributed by atoms with E-state index in [0.29, 0.717) is 17.7 Å². The molecule has 0 aliphatic rings. The molecule has 0 aliphatic heterocycles. The van der Waals surface area contributed by atoms with E-state index in [9.17, 15) is 22.8 Å². The maximum atomic E-state index is 13.1. The lowest BCUT2D eigenvalue weighted by Crippen LogP contribution is -2.24. The smallest absolute Gasteiger partial charge is 0.347 e. The molecule has 0 saturated carbocycles. The van der Waals surface area contributed by atoms with Gasteiger partial charge >= 0.3 is 6.18 Å². The molecule has 1 N–H and O–H groups in total. The highest BCUT2D eigenvalue weighted by atomic mass is 19.4. The van der Waals surface area contributed by atoms with Crippen LogP contribution in [-0.2, 0) is 19.1 Å². The molecule has 4 nitrogen and oxygen atoms in total. The van der Waals surface area contributed by atoms with Gasteiger partial charge in [-0.25, -0.2) is 0 Å². The van der Waals surface area contributed by atoms with E-state index in [-0.39, 0.29) is 10.9 Å². The summed E-state index contributed by atoms with van der Waals surface area (Å²) in [5.41, 5.74) is 0.101. The Morgan fingerprint density at radius 3 is 2.32 bits per heavy atom. The van der Waals surface area contributed by atoms with Gasteiger partial charge in [0.1, 0.15) is 5.56 Å². The predicted octanol–water partition coefficient (Wildman–Crippen LogP) is 4.85. The SMILES string of the molecule is CCc1ccc(NC(=O)c2cn(CC)c3ccc(C(F)(F)F)cc3c2=O)cc1. The van der Waals surface area contributed by atoms with Crippen LogP contribution in [-0.4, -0.2) is 10.5 Å². The Bertz CT molecular complexity index is 1080. The van der Waals surface area contributed by atoms with Gasteiger partial charge in [-0.1, -0.05) is 19.1 Å². The van der Waals surface area contributed by atoms with Gasteiger partial charge < -0.3 is 9.88 Å². The van der Waals surface area contributed by atoms with E-state index in [4.69, 9.17) is 0 Å². The Balaban J connectivity index is 2.07. The van der Waals surface area contributed by atoms with E-state index >= 15 is 0 Å². The molecule has 7 heteroatoms. The summed E-state index contributed by atoms with van der Waals surface area (Å²) >= 11 is 0. The van der Waals surface area contributed by atoms with Crippen molar-refractivity contribution in [2.24, 2.45) is 0 Å². The first-order valence-electron chi connectivity index (χ1n) is 8.89. The fraction of sp³-hybridized carbons (Fsp3) is 0.238. The number of nitrogens with zero attached hydrogens (tertiary/aromatic N) is 1. The zero-order valence-corrected chi connectivity index (χ0v) is 15.4. The van der Waals surface area contributed by atoms with Crippen LogP contribution in [0.4, 0.5) is 18.9 Å². The molecular formula is C21H19F3N2O2. The van der Waals surface area contributed by atoms with Gasteiger partial charge in [0.15, 0.2) is 0 Å². The third-order valence-electron chi connectivity index (χ3n) is 4.61. The number of benzene rings is 2. The first kappa shape index (κ1) is 19.7. The van der Waals surface area contributed by atoms with E-state index in [0.717, 1.165) is 24.1 Å². The van der Waals surface area contributed by atoms with Gasteiger partial charge in [0.2, 0.25) is 5.43 Å². The summed E-state index contributed by atoms with van der Waals surface area (Å²) in [7, 11) is 0. The second-order valence-corrected chi connectivity index (χ2v) is 6.39. The van der Waals surface area contributed by atoms with E-state index in [1.165, 1.54) is 12.3 Å². The summed E-state index contributed by atoms with van der Waals surface area (Å²) in [5.74, 6) is -0.657. The van der Waals surface area contributed by atoms with Crippen molar-refractivity contribution in [1.82, 2.24) is 4.57 Å². The quantitative estimate of drug-likeness (QED) is 0.694. The minimum Gasteiger partial charge on any atom is -0.347 e. The number of rotatable bonds is 4. The van der Waals surface area contributed by atoms with Crippen molar-refractivity contribution in [2.75, 3.05) is 5.32 Å². The topological polar surface area (TPSA) is 51.1 Å². The maximum absolute atomic E-state index is 13.1. The summed E-state index contributed by atoms with van der Waals surface area (Å²) in [5, 5.41) is 2.50. The van der Waals surface area contributed by atoms with Crippen LogP contribution in [0.3, 0.4) is 0 Å². The highest BCUT2D eigenvalue weighted by Gasteiger charge is 2.31. The summed E-state index contributed by atoms with van der Waals surface area (Å²) in [6.45, 7) is 4.19. The zero-order valence-electron chi connectivity index (χ0n) is 15.4. The number of alkyl halides is 3. The van der Waals surface area contributed by atoms with Crippen LogP contribution in [0.2, 0.25) is 0 Å². The highest BCUT2D eigenvalue weighted by Crippen LogP contribution is 2.30. The molecule has 3 aromatic rings. The van der Waals surface area contributed by atoms with Gasteiger partial charge in [0, 0.05) is 23.8 Å². The number of carbonyl (C=O) groups excluding carboxylic acids is 1. The van der Waals surface area contributed by atoms with Gasteiger partial charge in [0.05, 0.1) is 11.1 Å². The Morgan fingerprint density at radius 2 is 1.75 bits per heavy atom. The summed E-state index contributed by atoms with van der Waals surface area (Å²) < 4.78 is 40.7. The molecule has 3 rings (SSSR count). The second-order valence-electron chi connectivity index (χ2n) is 6.39. The van der Waals surface area contributed by atoms with Gasteiger partial charge in [0.25, 0.3) is 5.91 Å². The number of pyridine rings is 1. The molecule has 1 heterocycles. The summed E-state index contributed by atoms with van der Waals surface area (Å²) in [6.07, 6.45) is -2.34. The largest absolute Gasteiger partial charge is 0.416 e. The molecule has 0 bridgehead atoms. The van der Waals surface area contributed by atoms with Crippen molar-refractivity contribution in [3.8, 4) is 0 Å². The fourth-order valence-corrected chi connectivity index (χ4v) is 3.02. The van der Waals surface area contributed by atoms with E-state index in [1.54, 1.807) is 23.6 Å².